The van der Waals surface area contributed by atoms with E-state index in [1.54, 1.807) is 0 Å². The highest BCUT2D eigenvalue weighted by Gasteiger charge is 2.32. The van der Waals surface area contributed by atoms with Gasteiger partial charge >= 0.3 is 12.2 Å². The largest absolute Gasteiger partial charge is 0.501 e. The van der Waals surface area contributed by atoms with Crippen molar-refractivity contribution in [2.24, 2.45) is 0 Å². The van der Waals surface area contributed by atoms with Crippen molar-refractivity contribution in [3.63, 3.8) is 0 Å². The molecule has 7 nitrogen and oxygen atoms in total. The number of alkyl halides is 2. The normalized spacial score (nSPS) is 11.8. The predicted octanol–water partition coefficient (Wildman–Crippen LogP) is 1.56. The van der Waals surface area contributed by atoms with Gasteiger partial charge in [0.2, 0.25) is 11.4 Å². The quantitative estimate of drug-likeness (QED) is 0.513. The lowest BCUT2D eigenvalue weighted by Gasteiger charge is -2.03. The summed E-state index contributed by atoms with van der Waals surface area (Å²) in [5.74, 6) is -2.44. The number of pyridine rings is 1. The zero-order chi connectivity index (χ0) is 13.4. The molecule has 0 atom stereocenters. The summed E-state index contributed by atoms with van der Waals surface area (Å²) in [6.45, 7) is 0. The second kappa shape index (κ2) is 4.37. The lowest BCUT2D eigenvalue weighted by molar-refractivity contribution is -0.390. The second-order valence-corrected chi connectivity index (χ2v) is 5.24. The fraction of sp³-hybridized carbons (Fsp3) is 0.167. The molecule has 1 rings (SSSR count). The van der Waals surface area contributed by atoms with Gasteiger partial charge in [-0.15, -0.1) is 0 Å². The standard InChI is InChI=1S/C6H3ClF2N2O5S/c7-17(15,16)3-1-2(12)6(11(13)14)10-4(3)5(8)9/h1,5,12H. The number of halogens is 3. The topological polar surface area (TPSA) is 110 Å². The van der Waals surface area contributed by atoms with E-state index in [4.69, 9.17) is 15.8 Å². The molecule has 1 heterocycles. The number of nitrogens with zero attached hydrogens (tertiary/aromatic N) is 2. The van der Waals surface area contributed by atoms with E-state index in [2.05, 4.69) is 4.98 Å². The summed E-state index contributed by atoms with van der Waals surface area (Å²) in [6.07, 6.45) is -3.39. The smallest absolute Gasteiger partial charge is 0.406 e. The molecular weight excluding hydrogens is 286 g/mol. The Bertz CT molecular complexity index is 576. The van der Waals surface area contributed by atoms with Crippen LogP contribution in [0.3, 0.4) is 0 Å². The summed E-state index contributed by atoms with van der Waals surface area (Å²) in [5, 5.41) is 19.4. The van der Waals surface area contributed by atoms with E-state index in [1.165, 1.54) is 0 Å². The third-order valence-electron chi connectivity index (χ3n) is 1.62. The van der Waals surface area contributed by atoms with E-state index in [1.807, 2.05) is 0 Å². The van der Waals surface area contributed by atoms with Crippen molar-refractivity contribution in [3.05, 3.63) is 21.9 Å². The molecule has 94 valence electrons. The number of hydrogen-bond donors (Lipinski definition) is 1. The predicted molar refractivity (Wildman–Crippen MR) is 50.6 cm³/mol. The van der Waals surface area contributed by atoms with Crippen LogP contribution in [0.2, 0.25) is 0 Å². The van der Waals surface area contributed by atoms with Gasteiger partial charge in [-0.05, 0) is 9.91 Å². The Morgan fingerprint density at radius 2 is 2.06 bits per heavy atom. The van der Waals surface area contributed by atoms with E-state index in [0.717, 1.165) is 0 Å². The number of rotatable bonds is 3. The molecule has 0 unspecified atom stereocenters. The Morgan fingerprint density at radius 3 is 2.41 bits per heavy atom. The zero-order valence-corrected chi connectivity index (χ0v) is 9.24. The van der Waals surface area contributed by atoms with Crippen LogP contribution in [0, 0.1) is 10.1 Å². The Balaban J connectivity index is 3.64. The summed E-state index contributed by atoms with van der Waals surface area (Å²) >= 11 is 0. The maximum Gasteiger partial charge on any atom is 0.406 e. The van der Waals surface area contributed by atoms with Crippen molar-refractivity contribution in [2.75, 3.05) is 0 Å². The van der Waals surface area contributed by atoms with Crippen molar-refractivity contribution < 1.29 is 27.2 Å². The van der Waals surface area contributed by atoms with Crippen LogP contribution in [0.1, 0.15) is 12.1 Å². The molecule has 1 aromatic heterocycles. The number of aromatic nitrogens is 1. The molecular formula is C6H3ClF2N2O5S. The Kier molecular flexibility index (Phi) is 3.48. The Morgan fingerprint density at radius 1 is 1.53 bits per heavy atom. The molecule has 0 fully saturated rings. The summed E-state index contributed by atoms with van der Waals surface area (Å²) in [4.78, 5) is 10.7. The van der Waals surface area contributed by atoms with E-state index >= 15 is 0 Å². The van der Waals surface area contributed by atoms with Gasteiger partial charge in [0.25, 0.3) is 9.05 Å². The molecule has 0 saturated heterocycles. The van der Waals surface area contributed by atoms with Gasteiger partial charge < -0.3 is 15.2 Å². The zero-order valence-electron chi connectivity index (χ0n) is 7.67. The van der Waals surface area contributed by atoms with Gasteiger partial charge in [-0.1, -0.05) is 0 Å². The first-order chi connectivity index (χ1) is 7.64. The highest BCUT2D eigenvalue weighted by atomic mass is 35.7. The van der Waals surface area contributed by atoms with Crippen molar-refractivity contribution in [1.29, 1.82) is 0 Å². The molecule has 0 spiro atoms. The van der Waals surface area contributed by atoms with Crippen LogP contribution in [0.4, 0.5) is 14.6 Å². The summed E-state index contributed by atoms with van der Waals surface area (Å²) in [6, 6.07) is 0.259. The van der Waals surface area contributed by atoms with Gasteiger partial charge in [-0.25, -0.2) is 17.2 Å². The lowest BCUT2D eigenvalue weighted by atomic mass is 10.3. The van der Waals surface area contributed by atoms with E-state index in [-0.39, 0.29) is 6.07 Å². The average molecular weight is 289 g/mol. The first-order valence-electron chi connectivity index (χ1n) is 3.75. The van der Waals surface area contributed by atoms with Gasteiger partial charge in [0.1, 0.15) is 4.90 Å². The van der Waals surface area contributed by atoms with Crippen LogP contribution in [0.5, 0.6) is 5.75 Å². The SMILES string of the molecule is O=[N+]([O-])c1nc(C(F)F)c(S(=O)(=O)Cl)cc1O. The Hall–Kier alpha value is -1.55. The highest BCUT2D eigenvalue weighted by molar-refractivity contribution is 8.13. The highest BCUT2D eigenvalue weighted by Crippen LogP contribution is 2.34. The van der Waals surface area contributed by atoms with Gasteiger partial charge in [-0.2, -0.15) is 0 Å². The van der Waals surface area contributed by atoms with E-state index in [0.29, 0.717) is 0 Å². The molecule has 0 amide bonds. The first kappa shape index (κ1) is 13.5. The van der Waals surface area contributed by atoms with Crippen LogP contribution in [0.15, 0.2) is 11.0 Å². The maximum atomic E-state index is 12.4. The van der Waals surface area contributed by atoms with Gasteiger partial charge in [-0.3, -0.25) is 0 Å². The molecule has 0 saturated carbocycles. The fourth-order valence-electron chi connectivity index (χ4n) is 0.975. The number of hydrogen-bond acceptors (Lipinski definition) is 6. The molecule has 0 bridgehead atoms. The summed E-state index contributed by atoms with van der Waals surface area (Å²) in [7, 11) is 0.233. The fourth-order valence-corrected chi connectivity index (χ4v) is 1.98. The second-order valence-electron chi connectivity index (χ2n) is 2.71. The first-order valence-corrected chi connectivity index (χ1v) is 6.06. The van der Waals surface area contributed by atoms with Crippen LogP contribution in [0.25, 0.3) is 0 Å². The lowest BCUT2D eigenvalue weighted by Crippen LogP contribution is -2.05. The van der Waals surface area contributed by atoms with Crippen molar-refractivity contribution in [2.45, 2.75) is 11.3 Å². The molecule has 1 N–H and O–H groups in total. The number of nitro groups is 1. The van der Waals surface area contributed by atoms with Crippen LogP contribution < -0.4 is 0 Å². The van der Waals surface area contributed by atoms with Crippen molar-refractivity contribution in [3.8, 4) is 5.75 Å². The molecule has 0 radical (unpaired) electrons. The minimum Gasteiger partial charge on any atom is -0.501 e. The van der Waals surface area contributed by atoms with E-state index in [9.17, 15) is 27.3 Å². The maximum absolute atomic E-state index is 12.4. The van der Waals surface area contributed by atoms with Crippen LogP contribution in [-0.2, 0) is 9.05 Å². The van der Waals surface area contributed by atoms with Crippen molar-refractivity contribution in [1.82, 2.24) is 4.98 Å². The molecule has 17 heavy (non-hydrogen) atoms. The van der Waals surface area contributed by atoms with E-state index < -0.39 is 42.6 Å². The third-order valence-corrected chi connectivity index (χ3v) is 2.97. The number of aromatic hydroxyl groups is 1. The minimum atomic E-state index is -4.60. The van der Waals surface area contributed by atoms with Crippen molar-refractivity contribution >= 4 is 25.6 Å². The molecule has 0 aliphatic rings. The van der Waals surface area contributed by atoms with Gasteiger partial charge in [0.05, 0.1) is 0 Å². The molecule has 1 aromatic rings. The minimum absolute atomic E-state index is 0.259. The summed E-state index contributed by atoms with van der Waals surface area (Å²) < 4.78 is 46.7. The molecule has 0 aliphatic carbocycles. The average Bonchev–Trinajstić information content (AvgIpc) is 2.14. The van der Waals surface area contributed by atoms with Crippen LogP contribution in [-0.4, -0.2) is 23.4 Å². The third kappa shape index (κ3) is 2.77. The summed E-state index contributed by atoms with van der Waals surface area (Å²) in [5.41, 5.74) is -1.38. The Labute approximate surface area is 97.2 Å². The molecule has 0 aliphatic heterocycles. The van der Waals surface area contributed by atoms with Gasteiger partial charge in [0.15, 0.2) is 0 Å². The molecule has 0 aromatic carbocycles. The monoisotopic (exact) mass is 288 g/mol. The van der Waals surface area contributed by atoms with Gasteiger partial charge in [0, 0.05) is 16.7 Å². The van der Waals surface area contributed by atoms with Crippen LogP contribution >= 0.6 is 10.7 Å². The molecule has 11 heteroatoms.